The molecule has 5 N–H and O–H groups in total. The predicted octanol–water partition coefficient (Wildman–Crippen LogP) is -2.47. The van der Waals surface area contributed by atoms with Crippen LogP contribution in [-0.2, 0) is 4.74 Å². The van der Waals surface area contributed by atoms with Gasteiger partial charge in [-0.1, -0.05) is 0 Å². The molecule has 1 aromatic heterocycles. The van der Waals surface area contributed by atoms with Crippen LogP contribution < -0.4 is 11.4 Å². The van der Waals surface area contributed by atoms with E-state index in [4.69, 9.17) is 10.5 Å². The van der Waals surface area contributed by atoms with Gasteiger partial charge in [-0.2, -0.15) is 4.98 Å². The fraction of sp³-hybridized carbons (Fsp3) is 0.600. The van der Waals surface area contributed by atoms with Crippen LogP contribution in [0.3, 0.4) is 0 Å². The zero-order chi connectivity index (χ0) is 14.0. The Kier molecular flexibility index (Phi) is 2.31. The van der Waals surface area contributed by atoms with Crippen LogP contribution in [-0.4, -0.2) is 55.0 Å². The van der Waals surface area contributed by atoms with Crippen molar-refractivity contribution in [3.8, 4) is 0 Å². The molecule has 1 aliphatic carbocycles. The number of nitrogens with two attached hydrogens (primary N) is 1. The lowest BCUT2D eigenvalue weighted by Gasteiger charge is -2.33. The Bertz CT molecular complexity index is 595. The number of alkyl halides is 1. The number of aliphatic hydroxyl groups is 3. The normalized spacial score (nSPS) is 44.1. The van der Waals surface area contributed by atoms with Crippen molar-refractivity contribution in [2.24, 2.45) is 0 Å². The average Bonchev–Trinajstić information content (AvgIpc) is 2.79. The molecule has 1 aromatic rings. The molecule has 104 valence electrons. The number of fused-ring (bicyclic) bond motifs is 1. The monoisotopic (exact) mass is 273 g/mol. The molecule has 3 rings (SSSR count). The van der Waals surface area contributed by atoms with Crippen molar-refractivity contribution in [1.82, 2.24) is 9.55 Å². The summed E-state index contributed by atoms with van der Waals surface area (Å²) in [6.07, 6.45) is -2.82. The van der Waals surface area contributed by atoms with Crippen LogP contribution in [0.15, 0.2) is 17.1 Å². The lowest BCUT2D eigenvalue weighted by Crippen LogP contribution is -2.54. The van der Waals surface area contributed by atoms with Crippen molar-refractivity contribution in [3.05, 3.63) is 22.7 Å². The van der Waals surface area contributed by atoms with Gasteiger partial charge in [0, 0.05) is 6.20 Å². The Labute approximate surface area is 105 Å². The first-order valence-corrected chi connectivity index (χ1v) is 5.55. The molecule has 0 radical (unpaired) electrons. The molecule has 2 aliphatic rings. The second-order valence-corrected chi connectivity index (χ2v) is 4.78. The number of anilines is 1. The summed E-state index contributed by atoms with van der Waals surface area (Å²) in [5.74, 6) is -0.0352. The number of aliphatic hydroxyl groups excluding tert-OH is 1. The first kappa shape index (κ1) is 12.5. The van der Waals surface area contributed by atoms with Gasteiger partial charge in [0.25, 0.3) is 0 Å². The Morgan fingerprint density at radius 1 is 1.58 bits per heavy atom. The highest BCUT2D eigenvalue weighted by Crippen LogP contribution is 2.59. The predicted molar refractivity (Wildman–Crippen MR) is 58.7 cm³/mol. The summed E-state index contributed by atoms with van der Waals surface area (Å²) in [5.41, 5.74) is -0.0673. The third-order valence-electron chi connectivity index (χ3n) is 3.75. The first-order chi connectivity index (χ1) is 8.86. The number of ether oxygens (including phenoxy) is 1. The number of rotatable bonds is 2. The molecular formula is C10H12FN3O5. The van der Waals surface area contributed by atoms with E-state index in [1.807, 2.05) is 0 Å². The molecule has 2 heterocycles. The molecule has 0 spiro atoms. The van der Waals surface area contributed by atoms with Gasteiger partial charge >= 0.3 is 5.69 Å². The van der Waals surface area contributed by atoms with Crippen molar-refractivity contribution in [1.29, 1.82) is 0 Å². The van der Waals surface area contributed by atoms with Crippen LogP contribution >= 0.6 is 0 Å². The number of nitrogens with zero attached hydrogens (tertiary/aromatic N) is 2. The minimum atomic E-state index is -2.42. The van der Waals surface area contributed by atoms with E-state index >= 15 is 0 Å². The Morgan fingerprint density at radius 2 is 2.26 bits per heavy atom. The molecule has 1 unspecified atom stereocenters. The molecule has 0 aromatic carbocycles. The molecule has 1 saturated heterocycles. The standard InChI is InChI=1S/C10H12FN3O5/c11-3-9(17)7(19-6-5(15)10(6,9)18)14-2-1-4(12)13-8(14)16/h1-2,5-7,15,17-18H,3H2,(H2,12,13,16)/t5?,6-,7-,9+,10-/m1/s1. The highest BCUT2D eigenvalue weighted by Gasteiger charge is 2.83. The van der Waals surface area contributed by atoms with Crippen LogP contribution in [0.5, 0.6) is 0 Å². The van der Waals surface area contributed by atoms with E-state index in [0.29, 0.717) is 0 Å². The smallest absolute Gasteiger partial charge is 0.351 e. The fourth-order valence-corrected chi connectivity index (χ4v) is 2.53. The molecule has 0 amide bonds. The van der Waals surface area contributed by atoms with Gasteiger partial charge in [0.1, 0.15) is 24.7 Å². The topological polar surface area (TPSA) is 131 Å². The maximum absolute atomic E-state index is 13.2. The van der Waals surface area contributed by atoms with E-state index in [0.717, 1.165) is 4.57 Å². The molecule has 9 heteroatoms. The van der Waals surface area contributed by atoms with Gasteiger partial charge in [-0.15, -0.1) is 0 Å². The van der Waals surface area contributed by atoms with Gasteiger partial charge in [-0.05, 0) is 6.07 Å². The summed E-state index contributed by atoms with van der Waals surface area (Å²) in [4.78, 5) is 15.1. The molecule has 0 bridgehead atoms. The summed E-state index contributed by atoms with van der Waals surface area (Å²) < 4.78 is 19.1. The Balaban J connectivity index is 2.06. The maximum atomic E-state index is 13.2. The molecule has 8 nitrogen and oxygen atoms in total. The number of nitrogen functional groups attached to an aromatic ring is 1. The van der Waals surface area contributed by atoms with Crippen LogP contribution in [0.1, 0.15) is 6.23 Å². The molecular weight excluding hydrogens is 261 g/mol. The minimum Gasteiger partial charge on any atom is -0.387 e. The summed E-state index contributed by atoms with van der Waals surface area (Å²) in [6, 6.07) is 1.27. The minimum absolute atomic E-state index is 0.0352. The fourth-order valence-electron chi connectivity index (χ4n) is 2.53. The van der Waals surface area contributed by atoms with Gasteiger partial charge in [0.2, 0.25) is 0 Å². The molecule has 2 fully saturated rings. The summed E-state index contributed by atoms with van der Waals surface area (Å²) in [5, 5.41) is 29.7. The highest BCUT2D eigenvalue weighted by atomic mass is 19.1. The molecule has 1 aliphatic heterocycles. The third-order valence-corrected chi connectivity index (χ3v) is 3.75. The maximum Gasteiger partial charge on any atom is 0.351 e. The third kappa shape index (κ3) is 1.30. The van der Waals surface area contributed by atoms with Crippen LogP contribution in [0.2, 0.25) is 0 Å². The van der Waals surface area contributed by atoms with Crippen molar-refractivity contribution >= 4 is 5.82 Å². The van der Waals surface area contributed by atoms with E-state index in [1.54, 1.807) is 0 Å². The summed E-state index contributed by atoms with van der Waals surface area (Å²) in [7, 11) is 0. The van der Waals surface area contributed by atoms with E-state index in [2.05, 4.69) is 4.98 Å². The van der Waals surface area contributed by atoms with Gasteiger partial charge in [-0.25, -0.2) is 9.18 Å². The average molecular weight is 273 g/mol. The Morgan fingerprint density at radius 3 is 2.84 bits per heavy atom. The van der Waals surface area contributed by atoms with E-state index < -0.39 is 42.0 Å². The van der Waals surface area contributed by atoms with Gasteiger partial charge in [-0.3, -0.25) is 4.57 Å². The van der Waals surface area contributed by atoms with Gasteiger partial charge in [0.15, 0.2) is 17.4 Å². The Hall–Kier alpha value is -1.55. The van der Waals surface area contributed by atoms with Crippen LogP contribution in [0.25, 0.3) is 0 Å². The number of aromatic nitrogens is 2. The molecule has 5 atom stereocenters. The lowest BCUT2D eigenvalue weighted by atomic mass is 9.94. The molecule has 19 heavy (non-hydrogen) atoms. The van der Waals surface area contributed by atoms with Crippen molar-refractivity contribution in [2.75, 3.05) is 12.4 Å². The number of halogens is 1. The second-order valence-electron chi connectivity index (χ2n) is 4.78. The van der Waals surface area contributed by atoms with Crippen LogP contribution in [0.4, 0.5) is 10.2 Å². The van der Waals surface area contributed by atoms with Gasteiger partial charge in [0.05, 0.1) is 0 Å². The number of hydrogen-bond acceptors (Lipinski definition) is 7. The SMILES string of the molecule is Nc1ccn([C@@H]2O[C@@H]3C(O)[C@]3(O)[C@]2(O)CF)c(=O)n1. The summed E-state index contributed by atoms with van der Waals surface area (Å²) >= 11 is 0. The van der Waals surface area contributed by atoms with E-state index in [9.17, 15) is 24.5 Å². The first-order valence-electron chi connectivity index (χ1n) is 5.55. The number of hydrogen-bond donors (Lipinski definition) is 4. The largest absolute Gasteiger partial charge is 0.387 e. The zero-order valence-corrected chi connectivity index (χ0v) is 9.60. The zero-order valence-electron chi connectivity index (χ0n) is 9.60. The molecule has 1 saturated carbocycles. The van der Waals surface area contributed by atoms with E-state index in [1.165, 1.54) is 12.3 Å². The lowest BCUT2D eigenvalue weighted by molar-refractivity contribution is -0.177. The quantitative estimate of drug-likeness (QED) is 0.469. The van der Waals surface area contributed by atoms with Crippen LogP contribution in [0, 0.1) is 0 Å². The second kappa shape index (κ2) is 3.51. The van der Waals surface area contributed by atoms with E-state index in [-0.39, 0.29) is 5.82 Å². The van der Waals surface area contributed by atoms with Gasteiger partial charge < -0.3 is 25.8 Å². The highest BCUT2D eigenvalue weighted by molar-refractivity contribution is 5.32. The summed E-state index contributed by atoms with van der Waals surface area (Å²) in [6.45, 7) is -1.39. The van der Waals surface area contributed by atoms with Crippen molar-refractivity contribution in [3.63, 3.8) is 0 Å². The van der Waals surface area contributed by atoms with Crippen molar-refractivity contribution < 1.29 is 24.4 Å². The van der Waals surface area contributed by atoms with Crippen molar-refractivity contribution in [2.45, 2.75) is 29.6 Å².